The van der Waals surface area contributed by atoms with Crippen LogP contribution in [0.4, 0.5) is 26.6 Å². The molecule has 2 fully saturated rings. The van der Waals surface area contributed by atoms with Crippen LogP contribution in [0.15, 0.2) is 6.20 Å². The Morgan fingerprint density at radius 1 is 0.857 bits per heavy atom. The van der Waals surface area contributed by atoms with Gasteiger partial charge >= 0.3 is 0 Å². The largest absolute Gasteiger partial charge is 0.378 e. The third kappa shape index (κ3) is 3.92. The maximum absolute atomic E-state index is 13.5. The number of morpholine rings is 2. The van der Waals surface area contributed by atoms with E-state index in [1.165, 1.54) is 6.20 Å². The fourth-order valence-electron chi connectivity index (χ4n) is 3.03. The molecule has 2 aliphatic rings. The Morgan fingerprint density at radius 2 is 1.39 bits per heavy atom. The number of halogens is 2. The second-order valence-electron chi connectivity index (χ2n) is 6.29. The number of alkyl halides is 2. The molecule has 0 amide bonds. The van der Waals surface area contributed by atoms with Gasteiger partial charge in [0.2, 0.25) is 17.8 Å². The number of anilines is 3. The van der Waals surface area contributed by atoms with Gasteiger partial charge in [-0.3, -0.25) is 0 Å². The van der Waals surface area contributed by atoms with Crippen molar-refractivity contribution < 1.29 is 18.3 Å². The normalized spacial score (nSPS) is 18.0. The predicted molar refractivity (Wildman–Crippen MR) is 96.3 cm³/mol. The summed E-state index contributed by atoms with van der Waals surface area (Å²) in [7, 11) is 0. The average molecular weight is 394 g/mol. The van der Waals surface area contributed by atoms with Gasteiger partial charge in [0, 0.05) is 32.4 Å². The summed E-state index contributed by atoms with van der Waals surface area (Å²) in [5, 5.41) is 0. The fourth-order valence-corrected chi connectivity index (χ4v) is 3.03. The molecule has 150 valence electrons. The SMILES string of the molecule is Nc1ncc(-c2nc(N3CCOCC3)nc(N3CCOCC3)n2)c(C(F)F)n1. The highest BCUT2D eigenvalue weighted by molar-refractivity contribution is 5.61. The number of nitrogens with two attached hydrogens (primary N) is 1. The zero-order valence-corrected chi connectivity index (χ0v) is 15.1. The number of nitrogen functional groups attached to an aromatic ring is 1. The van der Waals surface area contributed by atoms with E-state index < -0.39 is 12.1 Å². The zero-order chi connectivity index (χ0) is 19.5. The number of hydrogen-bond acceptors (Lipinski definition) is 10. The monoisotopic (exact) mass is 394 g/mol. The van der Waals surface area contributed by atoms with Crippen molar-refractivity contribution in [3.8, 4) is 11.4 Å². The van der Waals surface area contributed by atoms with Crippen LogP contribution in [0, 0.1) is 0 Å². The van der Waals surface area contributed by atoms with E-state index in [2.05, 4.69) is 24.9 Å². The summed E-state index contributed by atoms with van der Waals surface area (Å²) in [5.74, 6) is 0.682. The van der Waals surface area contributed by atoms with Gasteiger partial charge < -0.3 is 25.0 Å². The molecule has 4 heterocycles. The lowest BCUT2D eigenvalue weighted by molar-refractivity contribution is 0.121. The van der Waals surface area contributed by atoms with E-state index in [0.717, 1.165) is 0 Å². The minimum absolute atomic E-state index is 0.0376. The van der Waals surface area contributed by atoms with Crippen LogP contribution in [0.25, 0.3) is 11.4 Å². The summed E-state index contributed by atoms with van der Waals surface area (Å²) >= 11 is 0. The Labute approximate surface area is 159 Å². The first kappa shape index (κ1) is 18.6. The standard InChI is InChI=1S/C16H20F2N8O2/c17-12(18)11-10(9-20-14(19)21-11)13-22-15(25-1-5-27-6-2-25)24-16(23-13)26-3-7-28-8-4-26/h9,12H,1-8H2,(H2,19,20,21). The summed E-state index contributed by atoms with van der Waals surface area (Å²) < 4.78 is 37.8. The lowest BCUT2D eigenvalue weighted by Crippen LogP contribution is -2.40. The van der Waals surface area contributed by atoms with Crippen LogP contribution < -0.4 is 15.5 Å². The van der Waals surface area contributed by atoms with Crippen molar-refractivity contribution in [2.75, 3.05) is 68.1 Å². The van der Waals surface area contributed by atoms with Crippen molar-refractivity contribution in [3.05, 3.63) is 11.9 Å². The van der Waals surface area contributed by atoms with E-state index >= 15 is 0 Å². The molecule has 0 aliphatic carbocycles. The molecule has 2 aromatic rings. The molecule has 0 spiro atoms. The third-order valence-corrected chi connectivity index (χ3v) is 4.48. The van der Waals surface area contributed by atoms with Gasteiger partial charge in [-0.25, -0.2) is 18.7 Å². The molecule has 0 aromatic carbocycles. The highest BCUT2D eigenvalue weighted by Gasteiger charge is 2.24. The van der Waals surface area contributed by atoms with Crippen molar-refractivity contribution in [2.24, 2.45) is 0 Å². The van der Waals surface area contributed by atoms with Crippen molar-refractivity contribution in [3.63, 3.8) is 0 Å². The fraction of sp³-hybridized carbons (Fsp3) is 0.562. The van der Waals surface area contributed by atoms with Gasteiger partial charge in [0.1, 0.15) is 5.69 Å². The molecule has 10 nitrogen and oxygen atoms in total. The van der Waals surface area contributed by atoms with E-state index in [-0.39, 0.29) is 17.3 Å². The molecule has 0 radical (unpaired) electrons. The third-order valence-electron chi connectivity index (χ3n) is 4.48. The Balaban J connectivity index is 1.79. The molecular formula is C16H20F2N8O2. The number of ether oxygens (including phenoxy) is 2. The smallest absolute Gasteiger partial charge is 0.281 e. The molecule has 2 aliphatic heterocycles. The molecule has 2 N–H and O–H groups in total. The summed E-state index contributed by atoms with van der Waals surface area (Å²) in [4.78, 5) is 24.8. The second kappa shape index (κ2) is 8.10. The van der Waals surface area contributed by atoms with Gasteiger partial charge in [-0.05, 0) is 0 Å². The summed E-state index contributed by atoms with van der Waals surface area (Å²) in [6.07, 6.45) is -1.61. The first-order valence-electron chi connectivity index (χ1n) is 8.94. The van der Waals surface area contributed by atoms with Crippen LogP contribution >= 0.6 is 0 Å². The maximum Gasteiger partial charge on any atom is 0.281 e. The molecule has 0 atom stereocenters. The molecule has 2 aromatic heterocycles. The van der Waals surface area contributed by atoms with E-state index in [1.54, 1.807) is 0 Å². The average Bonchev–Trinajstić information content (AvgIpc) is 2.74. The molecule has 2 saturated heterocycles. The van der Waals surface area contributed by atoms with Crippen LogP contribution in [0.1, 0.15) is 12.1 Å². The van der Waals surface area contributed by atoms with Crippen LogP contribution in [0.2, 0.25) is 0 Å². The Morgan fingerprint density at radius 3 is 1.89 bits per heavy atom. The van der Waals surface area contributed by atoms with Crippen molar-refractivity contribution >= 4 is 17.8 Å². The van der Waals surface area contributed by atoms with Crippen LogP contribution in [-0.4, -0.2) is 77.5 Å². The summed E-state index contributed by atoms with van der Waals surface area (Å²) in [5.41, 5.74) is 5.02. The quantitative estimate of drug-likeness (QED) is 0.787. The van der Waals surface area contributed by atoms with Crippen LogP contribution in [-0.2, 0) is 9.47 Å². The van der Waals surface area contributed by atoms with E-state index in [0.29, 0.717) is 64.5 Å². The maximum atomic E-state index is 13.5. The molecule has 4 rings (SSSR count). The highest BCUT2D eigenvalue weighted by atomic mass is 19.3. The van der Waals surface area contributed by atoms with Gasteiger partial charge in [0.25, 0.3) is 6.43 Å². The van der Waals surface area contributed by atoms with Crippen molar-refractivity contribution in [1.82, 2.24) is 24.9 Å². The van der Waals surface area contributed by atoms with Crippen LogP contribution in [0.3, 0.4) is 0 Å². The van der Waals surface area contributed by atoms with Gasteiger partial charge in [-0.2, -0.15) is 15.0 Å². The number of aromatic nitrogens is 5. The van der Waals surface area contributed by atoms with Gasteiger partial charge in [0.05, 0.1) is 32.0 Å². The summed E-state index contributed by atoms with van der Waals surface area (Å²) in [6.45, 7) is 4.58. The number of rotatable bonds is 4. The highest BCUT2D eigenvalue weighted by Crippen LogP contribution is 2.29. The molecule has 0 unspecified atom stereocenters. The number of hydrogen-bond donors (Lipinski definition) is 1. The summed E-state index contributed by atoms with van der Waals surface area (Å²) in [6, 6.07) is 0. The van der Waals surface area contributed by atoms with Gasteiger partial charge in [0.15, 0.2) is 5.82 Å². The van der Waals surface area contributed by atoms with Crippen molar-refractivity contribution in [2.45, 2.75) is 6.43 Å². The second-order valence-corrected chi connectivity index (χ2v) is 6.29. The molecule has 12 heteroatoms. The zero-order valence-electron chi connectivity index (χ0n) is 15.1. The van der Waals surface area contributed by atoms with E-state index in [9.17, 15) is 8.78 Å². The topological polar surface area (TPSA) is 115 Å². The molecule has 0 saturated carbocycles. The molecule has 28 heavy (non-hydrogen) atoms. The molecule has 0 bridgehead atoms. The lowest BCUT2D eigenvalue weighted by Gasteiger charge is -2.30. The molecular weight excluding hydrogens is 374 g/mol. The first-order chi connectivity index (χ1) is 13.6. The van der Waals surface area contributed by atoms with Crippen LogP contribution in [0.5, 0.6) is 0 Å². The first-order valence-corrected chi connectivity index (χ1v) is 8.94. The number of nitrogens with zero attached hydrogens (tertiary/aromatic N) is 7. The van der Waals surface area contributed by atoms with Gasteiger partial charge in [-0.15, -0.1) is 0 Å². The minimum Gasteiger partial charge on any atom is -0.378 e. The Hall–Kier alpha value is -2.73. The minimum atomic E-state index is -2.84. The predicted octanol–water partition coefficient (Wildman–Crippen LogP) is 0.522. The Bertz CT molecular complexity index is 792. The van der Waals surface area contributed by atoms with Gasteiger partial charge in [-0.1, -0.05) is 0 Å². The van der Waals surface area contributed by atoms with E-state index in [4.69, 9.17) is 15.2 Å². The lowest BCUT2D eigenvalue weighted by atomic mass is 10.2. The van der Waals surface area contributed by atoms with E-state index in [1.807, 2.05) is 9.80 Å². The Kier molecular flexibility index (Phi) is 5.39. The van der Waals surface area contributed by atoms with Crippen molar-refractivity contribution in [1.29, 1.82) is 0 Å².